The van der Waals surface area contributed by atoms with Crippen LogP contribution in [0.5, 0.6) is 0 Å². The number of ether oxygens (including phenoxy) is 1. The maximum absolute atomic E-state index is 9.03. The first-order chi connectivity index (χ1) is 7.79. The average molecular weight is 234 g/mol. The summed E-state index contributed by atoms with van der Waals surface area (Å²) in [6.45, 7) is 1.66. The molecule has 1 aliphatic rings. The topological polar surface area (TPSA) is 59.0 Å². The molecule has 2 rings (SSSR count). The SMILES string of the molecule is N#Cc1cc(N)ccc1SC1CCOCC1. The quantitative estimate of drug-likeness (QED) is 0.798. The number of nitrogens with two attached hydrogens (primary N) is 1. The molecule has 16 heavy (non-hydrogen) atoms. The van der Waals surface area contributed by atoms with Crippen LogP contribution in [-0.2, 0) is 4.74 Å². The van der Waals surface area contributed by atoms with Gasteiger partial charge in [-0.3, -0.25) is 0 Å². The summed E-state index contributed by atoms with van der Waals surface area (Å²) >= 11 is 1.77. The Morgan fingerprint density at radius 2 is 2.12 bits per heavy atom. The summed E-state index contributed by atoms with van der Waals surface area (Å²) in [5.74, 6) is 0. The fraction of sp³-hybridized carbons (Fsp3) is 0.417. The van der Waals surface area contributed by atoms with Gasteiger partial charge in [0.25, 0.3) is 0 Å². The molecule has 0 aliphatic carbocycles. The second-order valence-corrected chi connectivity index (χ2v) is 5.14. The van der Waals surface area contributed by atoms with Crippen LogP contribution in [0, 0.1) is 11.3 Å². The van der Waals surface area contributed by atoms with Crippen molar-refractivity contribution < 1.29 is 4.74 Å². The highest BCUT2D eigenvalue weighted by atomic mass is 32.2. The first-order valence-electron chi connectivity index (χ1n) is 5.33. The van der Waals surface area contributed by atoms with Crippen LogP contribution in [0.25, 0.3) is 0 Å². The molecule has 0 amide bonds. The van der Waals surface area contributed by atoms with Gasteiger partial charge in [0.15, 0.2) is 0 Å². The molecule has 1 aliphatic heterocycles. The molecule has 0 radical (unpaired) electrons. The highest BCUT2D eigenvalue weighted by Gasteiger charge is 2.16. The van der Waals surface area contributed by atoms with E-state index in [2.05, 4.69) is 6.07 Å². The van der Waals surface area contributed by atoms with E-state index in [0.717, 1.165) is 31.0 Å². The van der Waals surface area contributed by atoms with E-state index < -0.39 is 0 Å². The van der Waals surface area contributed by atoms with E-state index in [0.29, 0.717) is 16.5 Å². The molecule has 4 heteroatoms. The molecule has 0 bridgehead atoms. The lowest BCUT2D eigenvalue weighted by atomic mass is 10.2. The first-order valence-corrected chi connectivity index (χ1v) is 6.21. The largest absolute Gasteiger partial charge is 0.399 e. The maximum atomic E-state index is 9.03. The van der Waals surface area contributed by atoms with Crippen LogP contribution in [0.1, 0.15) is 18.4 Å². The van der Waals surface area contributed by atoms with E-state index in [9.17, 15) is 0 Å². The molecule has 1 aromatic rings. The van der Waals surface area contributed by atoms with Crippen molar-refractivity contribution in [2.24, 2.45) is 0 Å². The summed E-state index contributed by atoms with van der Waals surface area (Å²) in [7, 11) is 0. The summed E-state index contributed by atoms with van der Waals surface area (Å²) in [5, 5.41) is 9.59. The summed E-state index contributed by atoms with van der Waals surface area (Å²) in [6.07, 6.45) is 2.11. The van der Waals surface area contributed by atoms with Gasteiger partial charge in [0.05, 0.1) is 5.56 Å². The van der Waals surface area contributed by atoms with Crippen LogP contribution < -0.4 is 5.73 Å². The third-order valence-electron chi connectivity index (χ3n) is 2.59. The van der Waals surface area contributed by atoms with Crippen molar-refractivity contribution in [1.82, 2.24) is 0 Å². The standard InChI is InChI=1S/C12H14N2OS/c13-8-9-7-10(14)1-2-12(9)16-11-3-5-15-6-4-11/h1-2,7,11H,3-6,14H2. The molecule has 84 valence electrons. The first kappa shape index (κ1) is 11.3. The Bertz CT molecular complexity index is 408. The number of thioether (sulfide) groups is 1. The molecule has 1 aromatic carbocycles. The Morgan fingerprint density at radius 3 is 2.81 bits per heavy atom. The summed E-state index contributed by atoms with van der Waals surface area (Å²) in [6, 6.07) is 7.72. The molecule has 0 atom stereocenters. The monoisotopic (exact) mass is 234 g/mol. The van der Waals surface area contributed by atoms with Gasteiger partial charge in [0.2, 0.25) is 0 Å². The zero-order valence-corrected chi connectivity index (χ0v) is 9.80. The Hall–Kier alpha value is -1.18. The smallest absolute Gasteiger partial charge is 0.100 e. The van der Waals surface area contributed by atoms with E-state index >= 15 is 0 Å². The lowest BCUT2D eigenvalue weighted by Gasteiger charge is -2.21. The molecule has 1 heterocycles. The minimum Gasteiger partial charge on any atom is -0.399 e. The number of hydrogen-bond acceptors (Lipinski definition) is 4. The average Bonchev–Trinajstić information content (AvgIpc) is 2.33. The molecule has 3 nitrogen and oxygen atoms in total. The summed E-state index contributed by atoms with van der Waals surface area (Å²) in [5.41, 5.74) is 6.98. The van der Waals surface area contributed by atoms with Crippen molar-refractivity contribution in [3.8, 4) is 6.07 Å². The number of nitriles is 1. The van der Waals surface area contributed by atoms with Crippen molar-refractivity contribution in [3.63, 3.8) is 0 Å². The minimum atomic E-state index is 0.560. The second kappa shape index (κ2) is 5.24. The number of anilines is 1. The van der Waals surface area contributed by atoms with Crippen molar-refractivity contribution in [3.05, 3.63) is 23.8 Å². The molecule has 0 saturated carbocycles. The van der Waals surface area contributed by atoms with Crippen LogP contribution >= 0.6 is 11.8 Å². The van der Waals surface area contributed by atoms with Gasteiger partial charge in [0, 0.05) is 29.0 Å². The van der Waals surface area contributed by atoms with E-state index in [1.807, 2.05) is 12.1 Å². The van der Waals surface area contributed by atoms with E-state index in [1.165, 1.54) is 0 Å². The summed E-state index contributed by atoms with van der Waals surface area (Å²) in [4.78, 5) is 1.03. The Kier molecular flexibility index (Phi) is 3.70. The van der Waals surface area contributed by atoms with E-state index in [-0.39, 0.29) is 0 Å². The van der Waals surface area contributed by atoms with E-state index in [4.69, 9.17) is 15.7 Å². The van der Waals surface area contributed by atoms with Crippen molar-refractivity contribution >= 4 is 17.4 Å². The number of nitrogen functional groups attached to an aromatic ring is 1. The lowest BCUT2D eigenvalue weighted by Crippen LogP contribution is -2.17. The van der Waals surface area contributed by atoms with Gasteiger partial charge in [-0.05, 0) is 31.0 Å². The third-order valence-corrected chi connectivity index (χ3v) is 4.00. The normalized spacial score (nSPS) is 16.9. The van der Waals surface area contributed by atoms with E-state index in [1.54, 1.807) is 17.8 Å². The molecule has 0 spiro atoms. The molecular formula is C12H14N2OS. The Morgan fingerprint density at radius 1 is 1.38 bits per heavy atom. The number of rotatable bonds is 2. The lowest BCUT2D eigenvalue weighted by molar-refractivity contribution is 0.100. The van der Waals surface area contributed by atoms with Crippen molar-refractivity contribution in [2.45, 2.75) is 23.0 Å². The molecule has 1 saturated heterocycles. The molecule has 0 aromatic heterocycles. The van der Waals surface area contributed by atoms with Gasteiger partial charge in [-0.2, -0.15) is 5.26 Å². The third kappa shape index (κ3) is 2.69. The van der Waals surface area contributed by atoms with Crippen LogP contribution in [-0.4, -0.2) is 18.5 Å². The number of nitrogens with zero attached hydrogens (tertiary/aromatic N) is 1. The molecule has 1 fully saturated rings. The number of hydrogen-bond donors (Lipinski definition) is 1. The molecule has 2 N–H and O–H groups in total. The van der Waals surface area contributed by atoms with Gasteiger partial charge < -0.3 is 10.5 Å². The summed E-state index contributed by atoms with van der Waals surface area (Å²) < 4.78 is 5.31. The van der Waals surface area contributed by atoms with Crippen LogP contribution in [0.4, 0.5) is 5.69 Å². The second-order valence-electron chi connectivity index (χ2n) is 3.80. The minimum absolute atomic E-state index is 0.560. The Labute approximate surface area is 99.6 Å². The van der Waals surface area contributed by atoms with Crippen LogP contribution in [0.3, 0.4) is 0 Å². The predicted octanol–water partition coefficient (Wildman–Crippen LogP) is 2.41. The highest BCUT2D eigenvalue weighted by Crippen LogP contribution is 2.32. The fourth-order valence-electron chi connectivity index (χ4n) is 1.71. The highest BCUT2D eigenvalue weighted by molar-refractivity contribution is 8.00. The molecular weight excluding hydrogens is 220 g/mol. The van der Waals surface area contributed by atoms with Crippen molar-refractivity contribution in [1.29, 1.82) is 5.26 Å². The van der Waals surface area contributed by atoms with Gasteiger partial charge in [-0.15, -0.1) is 11.8 Å². The predicted molar refractivity (Wildman–Crippen MR) is 65.3 cm³/mol. The zero-order chi connectivity index (χ0) is 11.4. The van der Waals surface area contributed by atoms with Gasteiger partial charge >= 0.3 is 0 Å². The van der Waals surface area contributed by atoms with Gasteiger partial charge in [-0.1, -0.05) is 0 Å². The van der Waals surface area contributed by atoms with Gasteiger partial charge in [0.1, 0.15) is 6.07 Å². The molecule has 0 unspecified atom stereocenters. The Balaban J connectivity index is 2.11. The van der Waals surface area contributed by atoms with Gasteiger partial charge in [-0.25, -0.2) is 0 Å². The van der Waals surface area contributed by atoms with Crippen LogP contribution in [0.2, 0.25) is 0 Å². The maximum Gasteiger partial charge on any atom is 0.100 e. The van der Waals surface area contributed by atoms with Crippen molar-refractivity contribution in [2.75, 3.05) is 18.9 Å². The fourth-order valence-corrected chi connectivity index (χ4v) is 2.88. The van der Waals surface area contributed by atoms with Crippen LogP contribution in [0.15, 0.2) is 23.1 Å². The number of benzene rings is 1. The zero-order valence-electron chi connectivity index (χ0n) is 8.98.